The van der Waals surface area contributed by atoms with Gasteiger partial charge >= 0.3 is 0 Å². The number of hydrogen-bond donors (Lipinski definition) is 0. The van der Waals surface area contributed by atoms with Crippen molar-refractivity contribution >= 4 is 0 Å². The van der Waals surface area contributed by atoms with Gasteiger partial charge in [-0.05, 0) is 43.2 Å². The van der Waals surface area contributed by atoms with Gasteiger partial charge in [0.15, 0.2) is 0 Å². The number of halogens is 1. The van der Waals surface area contributed by atoms with Crippen LogP contribution >= 0.6 is 0 Å². The molecular formula is C20H25FN2O3. The summed E-state index contributed by atoms with van der Waals surface area (Å²) in [4.78, 5) is 6.40. The zero-order valence-electron chi connectivity index (χ0n) is 15.1. The molecule has 1 aromatic heterocycles. The third-order valence-electron chi connectivity index (χ3n) is 4.33. The van der Waals surface area contributed by atoms with Gasteiger partial charge in [-0.1, -0.05) is 0 Å². The summed E-state index contributed by atoms with van der Waals surface area (Å²) in [5, 5.41) is 0. The molecule has 0 atom stereocenters. The molecule has 140 valence electrons. The van der Waals surface area contributed by atoms with E-state index in [9.17, 15) is 4.39 Å². The number of methoxy groups -OCH3 is 1. The monoisotopic (exact) mass is 360 g/mol. The molecule has 3 rings (SSSR count). The van der Waals surface area contributed by atoms with Crippen LogP contribution in [0.4, 0.5) is 4.39 Å². The second-order valence-corrected chi connectivity index (χ2v) is 6.32. The Morgan fingerprint density at radius 3 is 2.85 bits per heavy atom. The summed E-state index contributed by atoms with van der Waals surface area (Å²) < 4.78 is 30.2. The maximum Gasteiger partial charge on any atom is 0.141 e. The topological polar surface area (TPSA) is 43.8 Å². The van der Waals surface area contributed by atoms with E-state index in [1.807, 2.05) is 18.2 Å². The van der Waals surface area contributed by atoms with Crippen molar-refractivity contribution in [2.75, 3.05) is 33.5 Å². The van der Waals surface area contributed by atoms with E-state index in [1.54, 1.807) is 13.2 Å². The van der Waals surface area contributed by atoms with Crippen LogP contribution in [0.3, 0.4) is 0 Å². The summed E-state index contributed by atoms with van der Waals surface area (Å²) in [5.74, 6) is 1.36. The Morgan fingerprint density at radius 2 is 2.04 bits per heavy atom. The van der Waals surface area contributed by atoms with Crippen LogP contribution < -0.4 is 9.47 Å². The van der Waals surface area contributed by atoms with Crippen molar-refractivity contribution in [1.29, 1.82) is 0 Å². The molecular weight excluding hydrogens is 335 g/mol. The smallest absolute Gasteiger partial charge is 0.141 e. The average molecular weight is 360 g/mol. The Morgan fingerprint density at radius 1 is 1.15 bits per heavy atom. The molecule has 0 saturated carbocycles. The Bertz CT molecular complexity index is 694. The lowest BCUT2D eigenvalue weighted by Crippen LogP contribution is -2.28. The molecule has 0 N–H and O–H groups in total. The van der Waals surface area contributed by atoms with Crippen molar-refractivity contribution in [3.05, 3.63) is 53.6 Å². The SMILES string of the molecule is COc1ccc2c(c1)CN(Cc1ccc(F)cn1)CCOCCCCO2. The minimum Gasteiger partial charge on any atom is -0.497 e. The van der Waals surface area contributed by atoms with Gasteiger partial charge in [0.2, 0.25) is 0 Å². The third kappa shape index (κ3) is 5.41. The summed E-state index contributed by atoms with van der Waals surface area (Å²) in [6.07, 6.45) is 3.20. The maximum atomic E-state index is 13.1. The van der Waals surface area contributed by atoms with Gasteiger partial charge in [-0.2, -0.15) is 0 Å². The van der Waals surface area contributed by atoms with Gasteiger partial charge in [0.25, 0.3) is 0 Å². The molecule has 1 aliphatic rings. The zero-order valence-corrected chi connectivity index (χ0v) is 15.1. The van der Waals surface area contributed by atoms with Gasteiger partial charge in [0.05, 0.1) is 32.2 Å². The number of pyridine rings is 1. The molecule has 2 heterocycles. The molecule has 0 spiro atoms. The van der Waals surface area contributed by atoms with Crippen LogP contribution in [0.25, 0.3) is 0 Å². The summed E-state index contributed by atoms with van der Waals surface area (Å²) >= 11 is 0. The van der Waals surface area contributed by atoms with E-state index in [0.717, 1.165) is 48.7 Å². The lowest BCUT2D eigenvalue weighted by molar-refractivity contribution is 0.0904. The largest absolute Gasteiger partial charge is 0.497 e. The van der Waals surface area contributed by atoms with Gasteiger partial charge in [0, 0.05) is 31.8 Å². The highest BCUT2D eigenvalue weighted by molar-refractivity contribution is 5.40. The quantitative estimate of drug-likeness (QED) is 0.839. The molecule has 2 aromatic rings. The van der Waals surface area contributed by atoms with Crippen LogP contribution in [-0.4, -0.2) is 43.4 Å². The van der Waals surface area contributed by atoms with E-state index in [1.165, 1.54) is 12.3 Å². The first-order valence-electron chi connectivity index (χ1n) is 8.95. The fourth-order valence-electron chi connectivity index (χ4n) is 2.92. The van der Waals surface area contributed by atoms with Crippen molar-refractivity contribution < 1.29 is 18.6 Å². The molecule has 0 unspecified atom stereocenters. The molecule has 0 amide bonds. The summed E-state index contributed by atoms with van der Waals surface area (Å²) in [7, 11) is 1.66. The van der Waals surface area contributed by atoms with E-state index in [4.69, 9.17) is 14.2 Å². The first-order valence-corrected chi connectivity index (χ1v) is 8.95. The van der Waals surface area contributed by atoms with Gasteiger partial charge in [-0.3, -0.25) is 9.88 Å². The van der Waals surface area contributed by atoms with Gasteiger partial charge in [-0.25, -0.2) is 4.39 Å². The third-order valence-corrected chi connectivity index (χ3v) is 4.33. The molecule has 1 aromatic carbocycles. The number of fused-ring (bicyclic) bond motifs is 1. The average Bonchev–Trinajstić information content (AvgIpc) is 2.65. The molecule has 6 heteroatoms. The van der Waals surface area contributed by atoms with E-state index in [0.29, 0.717) is 26.3 Å². The minimum atomic E-state index is -0.325. The highest BCUT2D eigenvalue weighted by Crippen LogP contribution is 2.26. The highest BCUT2D eigenvalue weighted by Gasteiger charge is 2.14. The normalized spacial score (nSPS) is 16.7. The Balaban J connectivity index is 1.81. The van der Waals surface area contributed by atoms with Crippen molar-refractivity contribution in [1.82, 2.24) is 9.88 Å². The van der Waals surface area contributed by atoms with Gasteiger partial charge in [0.1, 0.15) is 17.3 Å². The van der Waals surface area contributed by atoms with Crippen LogP contribution in [0.15, 0.2) is 36.5 Å². The number of rotatable bonds is 3. The number of hydrogen-bond acceptors (Lipinski definition) is 5. The lowest BCUT2D eigenvalue weighted by atomic mass is 10.1. The van der Waals surface area contributed by atoms with Gasteiger partial charge < -0.3 is 14.2 Å². The number of ether oxygens (including phenoxy) is 3. The van der Waals surface area contributed by atoms with Crippen LogP contribution in [0, 0.1) is 5.82 Å². The number of nitrogens with zero attached hydrogens (tertiary/aromatic N) is 2. The zero-order chi connectivity index (χ0) is 18.2. The second-order valence-electron chi connectivity index (χ2n) is 6.32. The molecule has 0 radical (unpaired) electrons. The van der Waals surface area contributed by atoms with Crippen molar-refractivity contribution in [3.8, 4) is 11.5 Å². The van der Waals surface area contributed by atoms with Crippen LogP contribution in [-0.2, 0) is 17.8 Å². The Hall–Kier alpha value is -2.18. The van der Waals surface area contributed by atoms with Crippen LogP contribution in [0.2, 0.25) is 0 Å². The fraction of sp³-hybridized carbons (Fsp3) is 0.450. The van der Waals surface area contributed by atoms with E-state index in [-0.39, 0.29) is 5.82 Å². The maximum absolute atomic E-state index is 13.1. The van der Waals surface area contributed by atoms with E-state index in [2.05, 4.69) is 9.88 Å². The summed E-state index contributed by atoms with van der Waals surface area (Å²) in [6, 6.07) is 9.04. The first-order chi connectivity index (χ1) is 12.7. The van der Waals surface area contributed by atoms with E-state index < -0.39 is 0 Å². The number of aromatic nitrogens is 1. The molecule has 0 fully saturated rings. The number of benzene rings is 1. The summed E-state index contributed by atoms with van der Waals surface area (Å²) in [6.45, 7) is 4.11. The van der Waals surface area contributed by atoms with Crippen molar-refractivity contribution in [2.45, 2.75) is 25.9 Å². The Labute approximate surface area is 153 Å². The summed E-state index contributed by atoms with van der Waals surface area (Å²) in [5.41, 5.74) is 1.89. The molecule has 0 aliphatic carbocycles. The molecule has 1 aliphatic heterocycles. The molecule has 0 saturated heterocycles. The van der Waals surface area contributed by atoms with Crippen molar-refractivity contribution in [2.24, 2.45) is 0 Å². The van der Waals surface area contributed by atoms with Gasteiger partial charge in [-0.15, -0.1) is 0 Å². The Kier molecular flexibility index (Phi) is 6.80. The van der Waals surface area contributed by atoms with Crippen LogP contribution in [0.5, 0.6) is 11.5 Å². The van der Waals surface area contributed by atoms with Crippen LogP contribution in [0.1, 0.15) is 24.1 Å². The molecule has 5 nitrogen and oxygen atoms in total. The predicted molar refractivity (Wildman–Crippen MR) is 96.9 cm³/mol. The fourth-order valence-corrected chi connectivity index (χ4v) is 2.92. The lowest BCUT2D eigenvalue weighted by Gasteiger charge is -2.24. The molecule has 0 bridgehead atoms. The first kappa shape index (κ1) is 18.6. The minimum absolute atomic E-state index is 0.325. The standard InChI is InChI=1S/C20H25FN2O3/c1-24-19-6-7-20-16(12-19)14-23(8-11-25-9-2-3-10-26-20)15-18-5-4-17(21)13-22-18/h4-7,12-13H,2-3,8-11,14-15H2,1H3. The highest BCUT2D eigenvalue weighted by atomic mass is 19.1. The predicted octanol–water partition coefficient (Wildman–Crippen LogP) is 3.42. The van der Waals surface area contributed by atoms with E-state index >= 15 is 0 Å². The van der Waals surface area contributed by atoms with Crippen molar-refractivity contribution in [3.63, 3.8) is 0 Å². The second kappa shape index (κ2) is 9.50. The molecule has 26 heavy (non-hydrogen) atoms.